The molecular weight excluding hydrogens is 327 g/mol. The van der Waals surface area contributed by atoms with E-state index in [0.717, 1.165) is 24.6 Å². The van der Waals surface area contributed by atoms with Crippen molar-refractivity contribution in [1.29, 1.82) is 0 Å². The molecular formula is C15H22Cl2N2OS. The van der Waals surface area contributed by atoms with Gasteiger partial charge in [-0.2, -0.15) is 0 Å². The number of hydrogen-bond acceptors (Lipinski definition) is 4. The van der Waals surface area contributed by atoms with Gasteiger partial charge in [0.05, 0.1) is 11.5 Å². The minimum Gasteiger partial charge on any atom is -0.383 e. The molecule has 2 rings (SSSR count). The van der Waals surface area contributed by atoms with E-state index in [0.29, 0.717) is 15.5 Å². The molecule has 0 atom stereocenters. The zero-order valence-electron chi connectivity index (χ0n) is 12.3. The molecule has 118 valence electrons. The van der Waals surface area contributed by atoms with Crippen molar-refractivity contribution in [3.63, 3.8) is 0 Å². The summed E-state index contributed by atoms with van der Waals surface area (Å²) in [5, 5.41) is 3.95. The Balaban J connectivity index is 2.07. The molecule has 0 saturated heterocycles. The fourth-order valence-corrected chi connectivity index (χ4v) is 4.08. The highest BCUT2D eigenvalue weighted by Gasteiger charge is 2.18. The summed E-state index contributed by atoms with van der Waals surface area (Å²) >= 11 is 13.5. The van der Waals surface area contributed by atoms with Gasteiger partial charge in [-0.3, -0.25) is 0 Å². The molecule has 1 aliphatic carbocycles. The van der Waals surface area contributed by atoms with E-state index in [9.17, 15) is 0 Å². The number of rotatable bonds is 7. The Labute approximate surface area is 140 Å². The van der Waals surface area contributed by atoms with E-state index < -0.39 is 0 Å². The molecule has 1 N–H and O–H groups in total. The van der Waals surface area contributed by atoms with Crippen molar-refractivity contribution in [3.8, 4) is 0 Å². The second kappa shape index (κ2) is 9.11. The first kappa shape index (κ1) is 17.2. The Hall–Kier alpha value is -0.130. The lowest BCUT2D eigenvalue weighted by Crippen LogP contribution is -2.25. The van der Waals surface area contributed by atoms with Crippen LogP contribution in [0.4, 0.5) is 0 Å². The van der Waals surface area contributed by atoms with Gasteiger partial charge in [-0.25, -0.2) is 4.98 Å². The summed E-state index contributed by atoms with van der Waals surface area (Å²) in [5.74, 6) is 0.644. The van der Waals surface area contributed by atoms with Crippen molar-refractivity contribution in [3.05, 3.63) is 20.1 Å². The molecule has 21 heavy (non-hydrogen) atoms. The van der Waals surface area contributed by atoms with Gasteiger partial charge in [-0.1, -0.05) is 48.0 Å². The van der Waals surface area contributed by atoms with Crippen molar-refractivity contribution in [2.45, 2.75) is 32.1 Å². The van der Waals surface area contributed by atoms with Crippen molar-refractivity contribution < 1.29 is 4.74 Å². The van der Waals surface area contributed by atoms with Crippen LogP contribution in [0, 0.1) is 5.92 Å². The molecule has 1 fully saturated rings. The first-order valence-corrected chi connectivity index (χ1v) is 9.00. The largest absolute Gasteiger partial charge is 0.383 e. The predicted molar refractivity (Wildman–Crippen MR) is 91.4 cm³/mol. The van der Waals surface area contributed by atoms with E-state index >= 15 is 0 Å². The van der Waals surface area contributed by atoms with Gasteiger partial charge in [-0.05, 0) is 24.8 Å². The summed E-state index contributed by atoms with van der Waals surface area (Å²) in [5.41, 5.74) is 1.41. The lowest BCUT2D eigenvalue weighted by molar-refractivity contribution is 0.200. The van der Waals surface area contributed by atoms with Crippen LogP contribution in [-0.2, 0) is 4.74 Å². The van der Waals surface area contributed by atoms with Gasteiger partial charge in [0.2, 0.25) is 0 Å². The zero-order chi connectivity index (χ0) is 15.1. The number of halogens is 2. The maximum atomic E-state index is 6.14. The molecule has 1 aliphatic rings. The van der Waals surface area contributed by atoms with Crippen molar-refractivity contribution in [2.75, 3.05) is 26.8 Å². The lowest BCUT2D eigenvalue weighted by Gasteiger charge is -2.25. The van der Waals surface area contributed by atoms with Crippen LogP contribution in [-0.4, -0.2) is 31.8 Å². The number of hydrogen-bond donors (Lipinski definition) is 1. The quantitative estimate of drug-likeness (QED) is 0.728. The monoisotopic (exact) mass is 348 g/mol. The number of ether oxygens (including phenoxy) is 1. The Morgan fingerprint density at radius 1 is 1.38 bits per heavy atom. The van der Waals surface area contributed by atoms with Gasteiger partial charge >= 0.3 is 0 Å². The van der Waals surface area contributed by atoms with Crippen LogP contribution in [0.2, 0.25) is 9.62 Å². The molecule has 1 saturated carbocycles. The van der Waals surface area contributed by atoms with Crippen LogP contribution < -0.4 is 5.32 Å². The molecule has 0 bridgehead atoms. The second-order valence-corrected chi connectivity index (χ2v) is 7.32. The molecule has 0 radical (unpaired) electrons. The van der Waals surface area contributed by atoms with Crippen LogP contribution in [0.15, 0.2) is 5.57 Å². The zero-order valence-corrected chi connectivity index (χ0v) is 14.7. The smallest absolute Gasteiger partial charge is 0.185 e. The van der Waals surface area contributed by atoms with Crippen LogP contribution in [0.5, 0.6) is 0 Å². The van der Waals surface area contributed by atoms with E-state index in [1.807, 2.05) is 0 Å². The lowest BCUT2D eigenvalue weighted by atomic mass is 9.83. The van der Waals surface area contributed by atoms with Gasteiger partial charge in [0, 0.05) is 20.2 Å². The molecule has 0 amide bonds. The summed E-state index contributed by atoms with van der Waals surface area (Å²) in [6.45, 7) is 2.46. The minimum atomic E-state index is 0.501. The molecule has 3 nitrogen and oxygen atoms in total. The number of nitrogens with zero attached hydrogens (tertiary/aromatic N) is 1. The van der Waals surface area contributed by atoms with E-state index in [4.69, 9.17) is 27.9 Å². The van der Waals surface area contributed by atoms with Gasteiger partial charge in [0.1, 0.15) is 5.15 Å². The van der Waals surface area contributed by atoms with Crippen molar-refractivity contribution in [1.82, 2.24) is 10.3 Å². The summed E-state index contributed by atoms with van der Waals surface area (Å²) in [6.07, 6.45) is 8.70. The summed E-state index contributed by atoms with van der Waals surface area (Å²) in [7, 11) is 1.72. The van der Waals surface area contributed by atoms with Gasteiger partial charge in [0.25, 0.3) is 0 Å². The summed E-state index contributed by atoms with van der Waals surface area (Å²) in [4.78, 5) is 5.05. The SMILES string of the molecule is COCCNCC(=Cc1sc(Cl)nc1Cl)C1CCCCC1. The molecule has 1 aromatic heterocycles. The number of methoxy groups -OCH3 is 1. The first-order chi connectivity index (χ1) is 10.2. The molecule has 0 unspecified atom stereocenters. The predicted octanol–water partition coefficient (Wildman–Crippen LogP) is 4.65. The average molecular weight is 349 g/mol. The van der Waals surface area contributed by atoms with Gasteiger partial charge in [0.15, 0.2) is 4.47 Å². The molecule has 6 heteroatoms. The molecule has 0 aromatic carbocycles. The Kier molecular flexibility index (Phi) is 7.47. The summed E-state index contributed by atoms with van der Waals surface area (Å²) in [6, 6.07) is 0. The van der Waals surface area contributed by atoms with Crippen molar-refractivity contribution >= 4 is 40.6 Å². The average Bonchev–Trinajstić information content (AvgIpc) is 2.81. The van der Waals surface area contributed by atoms with E-state index in [1.54, 1.807) is 7.11 Å². The molecule has 1 heterocycles. The topological polar surface area (TPSA) is 34.1 Å². The van der Waals surface area contributed by atoms with E-state index in [1.165, 1.54) is 49.0 Å². The summed E-state index contributed by atoms with van der Waals surface area (Å²) < 4.78 is 5.58. The number of thiazole rings is 1. The second-order valence-electron chi connectivity index (χ2n) is 5.35. The number of nitrogens with one attached hydrogen (secondary N) is 1. The van der Waals surface area contributed by atoms with Crippen LogP contribution in [0.25, 0.3) is 6.08 Å². The van der Waals surface area contributed by atoms with Crippen molar-refractivity contribution in [2.24, 2.45) is 5.92 Å². The Bertz CT molecular complexity index is 470. The fraction of sp³-hybridized carbons (Fsp3) is 0.667. The first-order valence-electron chi connectivity index (χ1n) is 7.42. The molecule has 1 aromatic rings. The highest BCUT2D eigenvalue weighted by Crippen LogP contribution is 2.34. The maximum Gasteiger partial charge on any atom is 0.185 e. The third-order valence-electron chi connectivity index (χ3n) is 3.84. The van der Waals surface area contributed by atoms with Crippen LogP contribution in [0.3, 0.4) is 0 Å². The van der Waals surface area contributed by atoms with Gasteiger partial charge < -0.3 is 10.1 Å². The molecule has 0 aliphatic heterocycles. The third-order valence-corrected chi connectivity index (χ3v) is 5.35. The normalized spacial score (nSPS) is 17.4. The highest BCUT2D eigenvalue weighted by molar-refractivity contribution is 7.17. The van der Waals surface area contributed by atoms with Gasteiger partial charge in [-0.15, -0.1) is 11.3 Å². The van der Waals surface area contributed by atoms with E-state index in [2.05, 4.69) is 16.4 Å². The van der Waals surface area contributed by atoms with E-state index in [-0.39, 0.29) is 0 Å². The standard InChI is InChI=1S/C15H22Cl2N2OS/c1-20-8-7-18-10-12(11-5-3-2-4-6-11)9-13-14(16)19-15(17)21-13/h9,11,18H,2-8,10H2,1H3. The Morgan fingerprint density at radius 2 is 2.14 bits per heavy atom. The Morgan fingerprint density at radius 3 is 2.76 bits per heavy atom. The highest BCUT2D eigenvalue weighted by atomic mass is 35.5. The fourth-order valence-electron chi connectivity index (χ4n) is 2.74. The van der Waals surface area contributed by atoms with Crippen LogP contribution >= 0.6 is 34.5 Å². The number of aromatic nitrogens is 1. The maximum absolute atomic E-state index is 6.14. The third kappa shape index (κ3) is 5.53. The van der Waals surface area contributed by atoms with Crippen LogP contribution in [0.1, 0.15) is 37.0 Å². The molecule has 0 spiro atoms. The minimum absolute atomic E-state index is 0.501.